The first kappa shape index (κ1) is 10.9. The molecule has 5 nitrogen and oxygen atoms in total. The number of nitrogens with one attached hydrogen (secondary N) is 1. The van der Waals surface area contributed by atoms with Crippen molar-refractivity contribution >= 4 is 16.3 Å². The molecule has 1 saturated heterocycles. The van der Waals surface area contributed by atoms with Crippen LogP contribution >= 0.6 is 11.3 Å². The second kappa shape index (κ2) is 3.74. The van der Waals surface area contributed by atoms with E-state index >= 15 is 0 Å². The van der Waals surface area contributed by atoms with Crippen molar-refractivity contribution in [1.29, 1.82) is 0 Å². The molecule has 1 aliphatic carbocycles. The zero-order valence-electron chi connectivity index (χ0n) is 10.5. The lowest BCUT2D eigenvalue weighted by Crippen LogP contribution is -2.36. The third-order valence-electron chi connectivity index (χ3n) is 4.21. The molecule has 0 spiro atoms. The predicted octanol–water partition coefficient (Wildman–Crippen LogP) is 2.05. The molecule has 4 rings (SSSR count). The van der Waals surface area contributed by atoms with Gasteiger partial charge in [-0.25, -0.2) is 0 Å². The van der Waals surface area contributed by atoms with Gasteiger partial charge in [0.05, 0.1) is 5.54 Å². The highest BCUT2D eigenvalue weighted by Gasteiger charge is 2.38. The lowest BCUT2D eigenvalue weighted by molar-refractivity contribution is 0.370. The van der Waals surface area contributed by atoms with Crippen LogP contribution in [0.4, 0.5) is 0 Å². The van der Waals surface area contributed by atoms with Crippen LogP contribution in [0.2, 0.25) is 0 Å². The standard InChI is InChI=1S/C12H17N5S/c1-2-12(6-3-7-13-12)10-16-17-9(8-4-5-8)14-15-11(17)18-10/h8,13H,2-7H2,1H3. The lowest BCUT2D eigenvalue weighted by Gasteiger charge is -2.24. The van der Waals surface area contributed by atoms with E-state index in [4.69, 9.17) is 5.10 Å². The third kappa shape index (κ3) is 1.45. The average molecular weight is 263 g/mol. The van der Waals surface area contributed by atoms with Gasteiger partial charge in [0.15, 0.2) is 5.82 Å². The quantitative estimate of drug-likeness (QED) is 0.921. The van der Waals surface area contributed by atoms with Crippen molar-refractivity contribution in [2.45, 2.75) is 50.5 Å². The van der Waals surface area contributed by atoms with Crippen LogP contribution in [-0.4, -0.2) is 26.4 Å². The predicted molar refractivity (Wildman–Crippen MR) is 69.8 cm³/mol. The first-order valence-corrected chi connectivity index (χ1v) is 7.62. The molecule has 0 amide bonds. The third-order valence-corrected chi connectivity index (χ3v) is 5.32. The Labute approximate surface area is 110 Å². The molecule has 2 aromatic rings. The second-order valence-electron chi connectivity index (χ2n) is 5.40. The van der Waals surface area contributed by atoms with Crippen molar-refractivity contribution in [2.24, 2.45) is 0 Å². The molecule has 1 aliphatic heterocycles. The van der Waals surface area contributed by atoms with E-state index in [2.05, 4.69) is 22.4 Å². The Morgan fingerprint density at radius 1 is 1.44 bits per heavy atom. The molecule has 1 unspecified atom stereocenters. The fourth-order valence-corrected chi connectivity index (χ4v) is 3.98. The Kier molecular flexibility index (Phi) is 2.26. The minimum atomic E-state index is 0.0895. The van der Waals surface area contributed by atoms with Gasteiger partial charge in [-0.05, 0) is 38.6 Å². The van der Waals surface area contributed by atoms with Crippen LogP contribution in [0.15, 0.2) is 0 Å². The van der Waals surface area contributed by atoms with E-state index in [-0.39, 0.29) is 5.54 Å². The normalized spacial score (nSPS) is 28.3. The van der Waals surface area contributed by atoms with Gasteiger partial charge in [-0.15, -0.1) is 10.2 Å². The monoisotopic (exact) mass is 263 g/mol. The number of fused-ring (bicyclic) bond motifs is 1. The Hall–Kier alpha value is -1.01. The van der Waals surface area contributed by atoms with Crippen LogP contribution in [-0.2, 0) is 5.54 Å². The molecule has 96 valence electrons. The Morgan fingerprint density at radius 3 is 3.00 bits per heavy atom. The highest BCUT2D eigenvalue weighted by Crippen LogP contribution is 2.41. The molecule has 2 fully saturated rings. The van der Waals surface area contributed by atoms with Gasteiger partial charge in [0.2, 0.25) is 4.96 Å². The van der Waals surface area contributed by atoms with Crippen molar-refractivity contribution in [1.82, 2.24) is 25.1 Å². The number of hydrogen-bond donors (Lipinski definition) is 1. The minimum absolute atomic E-state index is 0.0895. The van der Waals surface area contributed by atoms with Crippen LogP contribution in [0.25, 0.3) is 4.96 Å². The zero-order valence-corrected chi connectivity index (χ0v) is 11.3. The van der Waals surface area contributed by atoms with Gasteiger partial charge in [0.1, 0.15) is 5.01 Å². The van der Waals surface area contributed by atoms with E-state index in [0.717, 1.165) is 23.8 Å². The molecule has 1 N–H and O–H groups in total. The minimum Gasteiger partial charge on any atom is -0.305 e. The summed E-state index contributed by atoms with van der Waals surface area (Å²) < 4.78 is 1.98. The summed E-state index contributed by atoms with van der Waals surface area (Å²) in [5, 5.41) is 18.2. The molecule has 6 heteroatoms. The maximum atomic E-state index is 4.81. The van der Waals surface area contributed by atoms with Crippen molar-refractivity contribution < 1.29 is 0 Å². The van der Waals surface area contributed by atoms with E-state index in [1.165, 1.54) is 30.7 Å². The SMILES string of the molecule is CCC1(c2nn3c(C4CC4)nnc3s2)CCCN1. The fraction of sp³-hybridized carbons (Fsp3) is 0.750. The number of aromatic nitrogens is 4. The summed E-state index contributed by atoms with van der Waals surface area (Å²) in [6.07, 6.45) is 6.00. The molecule has 18 heavy (non-hydrogen) atoms. The summed E-state index contributed by atoms with van der Waals surface area (Å²) >= 11 is 1.70. The van der Waals surface area contributed by atoms with Gasteiger partial charge in [-0.3, -0.25) is 0 Å². The molecular formula is C12H17N5S. The van der Waals surface area contributed by atoms with Crippen molar-refractivity contribution in [2.75, 3.05) is 6.54 Å². The smallest absolute Gasteiger partial charge is 0.234 e. The molecule has 0 radical (unpaired) electrons. The van der Waals surface area contributed by atoms with Crippen molar-refractivity contribution in [3.05, 3.63) is 10.8 Å². The van der Waals surface area contributed by atoms with E-state index in [0.29, 0.717) is 5.92 Å². The van der Waals surface area contributed by atoms with Crippen LogP contribution in [0, 0.1) is 0 Å². The first-order valence-electron chi connectivity index (χ1n) is 6.80. The van der Waals surface area contributed by atoms with Crippen molar-refractivity contribution in [3.8, 4) is 0 Å². The summed E-state index contributed by atoms with van der Waals surface area (Å²) in [6.45, 7) is 3.34. The zero-order chi connectivity index (χ0) is 12.2. The summed E-state index contributed by atoms with van der Waals surface area (Å²) in [4.78, 5) is 0.952. The van der Waals surface area contributed by atoms with Gasteiger partial charge in [0, 0.05) is 5.92 Å². The summed E-state index contributed by atoms with van der Waals surface area (Å²) in [6, 6.07) is 0. The second-order valence-corrected chi connectivity index (χ2v) is 6.36. The maximum Gasteiger partial charge on any atom is 0.234 e. The van der Waals surface area contributed by atoms with Gasteiger partial charge >= 0.3 is 0 Å². The molecular weight excluding hydrogens is 246 g/mol. The Morgan fingerprint density at radius 2 is 2.33 bits per heavy atom. The van der Waals surface area contributed by atoms with Gasteiger partial charge in [-0.2, -0.15) is 9.61 Å². The molecule has 1 saturated carbocycles. The van der Waals surface area contributed by atoms with Crippen LogP contribution in [0.5, 0.6) is 0 Å². The Balaban J connectivity index is 1.80. The van der Waals surface area contributed by atoms with E-state index in [1.54, 1.807) is 11.3 Å². The molecule has 1 atom stereocenters. The summed E-state index contributed by atoms with van der Waals surface area (Å²) in [7, 11) is 0. The average Bonchev–Trinajstić information content (AvgIpc) is 2.83. The number of hydrogen-bond acceptors (Lipinski definition) is 5. The highest BCUT2D eigenvalue weighted by atomic mass is 32.1. The molecule has 2 aliphatic rings. The topological polar surface area (TPSA) is 55.1 Å². The van der Waals surface area contributed by atoms with E-state index in [9.17, 15) is 0 Å². The summed E-state index contributed by atoms with van der Waals surface area (Å²) in [5.41, 5.74) is 0.0895. The largest absolute Gasteiger partial charge is 0.305 e. The van der Waals surface area contributed by atoms with Gasteiger partial charge in [0.25, 0.3) is 0 Å². The molecule has 0 aromatic carbocycles. The van der Waals surface area contributed by atoms with E-state index < -0.39 is 0 Å². The molecule has 3 heterocycles. The number of nitrogens with zero attached hydrogens (tertiary/aromatic N) is 4. The van der Waals surface area contributed by atoms with Gasteiger partial charge in [-0.1, -0.05) is 18.3 Å². The Bertz CT molecular complexity index is 576. The van der Waals surface area contributed by atoms with Crippen LogP contribution < -0.4 is 5.32 Å². The fourth-order valence-electron chi connectivity index (χ4n) is 2.86. The van der Waals surface area contributed by atoms with Crippen LogP contribution in [0.1, 0.15) is 55.8 Å². The first-order chi connectivity index (χ1) is 8.82. The maximum absolute atomic E-state index is 4.81. The van der Waals surface area contributed by atoms with Crippen LogP contribution in [0.3, 0.4) is 0 Å². The molecule has 0 bridgehead atoms. The highest BCUT2D eigenvalue weighted by molar-refractivity contribution is 7.16. The van der Waals surface area contributed by atoms with Gasteiger partial charge < -0.3 is 5.32 Å². The number of rotatable bonds is 3. The lowest BCUT2D eigenvalue weighted by atomic mass is 9.95. The van der Waals surface area contributed by atoms with E-state index in [1.807, 2.05) is 4.52 Å². The summed E-state index contributed by atoms with van der Waals surface area (Å²) in [5.74, 6) is 1.67. The molecule has 2 aromatic heterocycles. The van der Waals surface area contributed by atoms with Crippen molar-refractivity contribution in [3.63, 3.8) is 0 Å².